The second-order valence-corrected chi connectivity index (χ2v) is 6.54. The Morgan fingerprint density at radius 1 is 1.25 bits per heavy atom. The van der Waals surface area contributed by atoms with Gasteiger partial charge >= 0.3 is 0 Å². The minimum Gasteiger partial charge on any atom is -0.364 e. The third kappa shape index (κ3) is 2.71. The summed E-state index contributed by atoms with van der Waals surface area (Å²) in [4.78, 5) is 17.3. The molecular weight excluding hydrogens is 254 g/mol. The molecule has 0 aromatic rings. The van der Waals surface area contributed by atoms with Crippen LogP contribution < -0.4 is 5.73 Å². The molecular formula is C15H27N3O2. The third-order valence-corrected chi connectivity index (χ3v) is 5.12. The Morgan fingerprint density at radius 3 is 2.85 bits per heavy atom. The van der Waals surface area contributed by atoms with Crippen molar-refractivity contribution in [2.24, 2.45) is 5.73 Å². The first-order valence-electron chi connectivity index (χ1n) is 8.09. The van der Waals surface area contributed by atoms with Crippen LogP contribution in [0.25, 0.3) is 0 Å². The van der Waals surface area contributed by atoms with Gasteiger partial charge in [-0.2, -0.15) is 0 Å². The zero-order chi connectivity index (χ0) is 14.1. The van der Waals surface area contributed by atoms with Gasteiger partial charge in [-0.05, 0) is 39.2 Å². The number of hydrogen-bond donors (Lipinski definition) is 1. The molecule has 3 fully saturated rings. The van der Waals surface area contributed by atoms with Crippen molar-refractivity contribution in [1.82, 2.24) is 9.80 Å². The molecule has 4 atom stereocenters. The molecule has 5 nitrogen and oxygen atoms in total. The van der Waals surface area contributed by atoms with E-state index in [1.54, 1.807) is 0 Å². The van der Waals surface area contributed by atoms with Gasteiger partial charge in [0.1, 0.15) is 6.10 Å². The number of piperidine rings is 1. The van der Waals surface area contributed by atoms with Crippen LogP contribution in [0.1, 0.15) is 39.0 Å². The summed E-state index contributed by atoms with van der Waals surface area (Å²) in [5.41, 5.74) is 5.63. The fourth-order valence-electron chi connectivity index (χ4n) is 3.90. The van der Waals surface area contributed by atoms with Crippen LogP contribution in [-0.4, -0.2) is 66.2 Å². The summed E-state index contributed by atoms with van der Waals surface area (Å²) in [6.45, 7) is 5.79. The number of fused-ring (bicyclic) bond motifs is 1. The number of ether oxygens (including phenoxy) is 1. The maximum absolute atomic E-state index is 12.7. The topological polar surface area (TPSA) is 58.8 Å². The van der Waals surface area contributed by atoms with Crippen LogP contribution >= 0.6 is 0 Å². The second-order valence-electron chi connectivity index (χ2n) is 6.54. The molecule has 2 N–H and O–H groups in total. The molecule has 0 aliphatic carbocycles. The van der Waals surface area contributed by atoms with Gasteiger partial charge in [-0.25, -0.2) is 0 Å². The van der Waals surface area contributed by atoms with Gasteiger partial charge in [0, 0.05) is 31.7 Å². The average Bonchev–Trinajstić information content (AvgIpc) is 2.94. The Morgan fingerprint density at radius 2 is 2.10 bits per heavy atom. The Hall–Kier alpha value is -0.650. The monoisotopic (exact) mass is 281 g/mol. The smallest absolute Gasteiger partial charge is 0.252 e. The molecule has 0 aromatic heterocycles. The quantitative estimate of drug-likeness (QED) is 0.804. The van der Waals surface area contributed by atoms with Gasteiger partial charge in [0.25, 0.3) is 5.91 Å². The van der Waals surface area contributed by atoms with Crippen LogP contribution in [0.4, 0.5) is 0 Å². The summed E-state index contributed by atoms with van der Waals surface area (Å²) in [5, 5.41) is 0. The SMILES string of the molecule is CC1CN2CCCCC2CN1C(=O)C1CCC(CN)O1. The molecule has 4 unspecified atom stereocenters. The molecule has 3 rings (SSSR count). The molecule has 3 aliphatic rings. The highest BCUT2D eigenvalue weighted by molar-refractivity contribution is 5.81. The van der Waals surface area contributed by atoms with Crippen molar-refractivity contribution < 1.29 is 9.53 Å². The Kier molecular flexibility index (Phi) is 4.29. The van der Waals surface area contributed by atoms with Gasteiger partial charge in [0.2, 0.25) is 0 Å². The first kappa shape index (κ1) is 14.3. The van der Waals surface area contributed by atoms with Gasteiger partial charge < -0.3 is 15.4 Å². The van der Waals surface area contributed by atoms with E-state index in [-0.39, 0.29) is 18.1 Å². The average molecular weight is 281 g/mol. The van der Waals surface area contributed by atoms with E-state index in [1.165, 1.54) is 25.8 Å². The lowest BCUT2D eigenvalue weighted by Gasteiger charge is -2.48. The maximum atomic E-state index is 12.7. The summed E-state index contributed by atoms with van der Waals surface area (Å²) in [6, 6.07) is 0.869. The van der Waals surface area contributed by atoms with Crippen molar-refractivity contribution in [3.8, 4) is 0 Å². The summed E-state index contributed by atoms with van der Waals surface area (Å²) >= 11 is 0. The van der Waals surface area contributed by atoms with E-state index in [2.05, 4.69) is 16.7 Å². The standard InChI is InChI=1S/C15H27N3O2/c1-11-9-17-7-3-2-4-12(17)10-18(11)15(19)14-6-5-13(8-16)20-14/h11-14H,2-10,16H2,1H3. The molecule has 0 saturated carbocycles. The first-order chi connectivity index (χ1) is 9.69. The number of nitrogens with zero attached hydrogens (tertiary/aromatic N) is 2. The van der Waals surface area contributed by atoms with Crippen molar-refractivity contribution >= 4 is 5.91 Å². The van der Waals surface area contributed by atoms with Crippen molar-refractivity contribution in [1.29, 1.82) is 0 Å². The van der Waals surface area contributed by atoms with Gasteiger partial charge in [-0.3, -0.25) is 9.69 Å². The van der Waals surface area contributed by atoms with E-state index in [9.17, 15) is 4.79 Å². The summed E-state index contributed by atoms with van der Waals surface area (Å²) < 4.78 is 5.78. The zero-order valence-electron chi connectivity index (χ0n) is 12.5. The van der Waals surface area contributed by atoms with E-state index in [0.29, 0.717) is 18.6 Å². The fraction of sp³-hybridized carbons (Fsp3) is 0.933. The first-order valence-corrected chi connectivity index (χ1v) is 8.09. The lowest BCUT2D eigenvalue weighted by Crippen LogP contribution is -2.61. The molecule has 0 spiro atoms. The number of piperazine rings is 1. The predicted octanol–water partition coefficient (Wildman–Crippen LogP) is 0.578. The molecule has 0 bridgehead atoms. The van der Waals surface area contributed by atoms with Crippen LogP contribution in [0, 0.1) is 0 Å². The number of carbonyl (C=O) groups is 1. The Labute approximate surface area is 121 Å². The molecule has 114 valence electrons. The molecule has 3 aliphatic heterocycles. The normalized spacial score (nSPS) is 38.8. The number of nitrogens with two attached hydrogens (primary N) is 1. The lowest BCUT2D eigenvalue weighted by atomic mass is 9.96. The summed E-state index contributed by atoms with van der Waals surface area (Å²) in [7, 11) is 0. The van der Waals surface area contributed by atoms with Crippen LogP contribution in [-0.2, 0) is 9.53 Å². The second kappa shape index (κ2) is 6.00. The van der Waals surface area contributed by atoms with Gasteiger partial charge in [0.05, 0.1) is 6.10 Å². The Balaban J connectivity index is 1.62. The number of rotatable bonds is 2. The largest absolute Gasteiger partial charge is 0.364 e. The van der Waals surface area contributed by atoms with E-state index in [0.717, 1.165) is 25.9 Å². The summed E-state index contributed by atoms with van der Waals surface area (Å²) in [6.07, 6.45) is 5.42. The van der Waals surface area contributed by atoms with Crippen LogP contribution in [0.15, 0.2) is 0 Å². The minimum absolute atomic E-state index is 0.0789. The van der Waals surface area contributed by atoms with E-state index in [1.807, 2.05) is 0 Å². The molecule has 0 aromatic carbocycles. The van der Waals surface area contributed by atoms with E-state index >= 15 is 0 Å². The predicted molar refractivity (Wildman–Crippen MR) is 77.3 cm³/mol. The highest BCUT2D eigenvalue weighted by atomic mass is 16.5. The van der Waals surface area contributed by atoms with Crippen molar-refractivity contribution in [2.45, 2.75) is 63.3 Å². The van der Waals surface area contributed by atoms with Crippen molar-refractivity contribution in [3.63, 3.8) is 0 Å². The molecule has 1 amide bonds. The molecule has 3 heterocycles. The van der Waals surface area contributed by atoms with Gasteiger partial charge in [-0.15, -0.1) is 0 Å². The molecule has 5 heteroatoms. The van der Waals surface area contributed by atoms with Gasteiger partial charge in [-0.1, -0.05) is 6.42 Å². The number of hydrogen-bond acceptors (Lipinski definition) is 4. The maximum Gasteiger partial charge on any atom is 0.252 e. The number of carbonyl (C=O) groups excluding carboxylic acids is 1. The van der Waals surface area contributed by atoms with Gasteiger partial charge in [0.15, 0.2) is 0 Å². The van der Waals surface area contributed by atoms with E-state index < -0.39 is 0 Å². The number of amides is 1. The van der Waals surface area contributed by atoms with Crippen molar-refractivity contribution in [2.75, 3.05) is 26.2 Å². The highest BCUT2D eigenvalue weighted by Gasteiger charge is 2.39. The molecule has 0 radical (unpaired) electrons. The van der Waals surface area contributed by atoms with E-state index in [4.69, 9.17) is 10.5 Å². The Bertz CT molecular complexity index is 363. The minimum atomic E-state index is -0.249. The lowest BCUT2D eigenvalue weighted by molar-refractivity contribution is -0.149. The summed E-state index contributed by atoms with van der Waals surface area (Å²) in [5.74, 6) is 0.193. The highest BCUT2D eigenvalue weighted by Crippen LogP contribution is 2.27. The molecule has 3 saturated heterocycles. The zero-order valence-corrected chi connectivity index (χ0v) is 12.5. The van der Waals surface area contributed by atoms with Crippen LogP contribution in [0.2, 0.25) is 0 Å². The molecule has 20 heavy (non-hydrogen) atoms. The third-order valence-electron chi connectivity index (χ3n) is 5.12. The van der Waals surface area contributed by atoms with Crippen molar-refractivity contribution in [3.05, 3.63) is 0 Å². The fourth-order valence-corrected chi connectivity index (χ4v) is 3.90. The van der Waals surface area contributed by atoms with Crippen LogP contribution in [0.3, 0.4) is 0 Å². The van der Waals surface area contributed by atoms with Crippen LogP contribution in [0.5, 0.6) is 0 Å².